The fourth-order valence-corrected chi connectivity index (χ4v) is 1.72. The molecule has 0 heterocycles. The molecule has 1 aromatic carbocycles. The molecule has 1 atom stereocenters. The third-order valence-electron chi connectivity index (χ3n) is 2.68. The summed E-state index contributed by atoms with van der Waals surface area (Å²) < 4.78 is 5.76. The van der Waals surface area contributed by atoms with E-state index >= 15 is 0 Å². The first kappa shape index (κ1) is 13.6. The third-order valence-corrected chi connectivity index (χ3v) is 2.68. The summed E-state index contributed by atoms with van der Waals surface area (Å²) in [5.74, 6) is 0.748. The normalized spacial score (nSPS) is 12.8. The van der Waals surface area contributed by atoms with Crippen LogP contribution >= 0.6 is 0 Å². The number of primary amides is 1. The molecule has 94 valence electrons. The highest BCUT2D eigenvalue weighted by Gasteiger charge is 2.22. The number of hydrogen-bond donors (Lipinski definition) is 1. The molecule has 3 nitrogen and oxygen atoms in total. The minimum atomic E-state index is -0.574. The van der Waals surface area contributed by atoms with Gasteiger partial charge in [-0.25, -0.2) is 0 Å². The molecule has 0 aromatic heterocycles. The fraction of sp³-hybridized carbons (Fsp3) is 0.500. The Kier molecular flexibility index (Phi) is 4.55. The number of ether oxygens (including phenoxy) is 1. The van der Waals surface area contributed by atoms with Crippen molar-refractivity contribution in [2.75, 3.05) is 0 Å². The van der Waals surface area contributed by atoms with Gasteiger partial charge in [0, 0.05) is 0 Å². The van der Waals surface area contributed by atoms with Gasteiger partial charge in [-0.2, -0.15) is 0 Å². The van der Waals surface area contributed by atoms with E-state index in [0.717, 1.165) is 11.3 Å². The molecule has 1 aromatic rings. The zero-order chi connectivity index (χ0) is 13.0. The summed E-state index contributed by atoms with van der Waals surface area (Å²) in [6.07, 6.45) is -0.574. The Hall–Kier alpha value is -1.51. The standard InChI is InChI=1S/C14H21NO2/c1-9(2)11-7-5-6-8-12(11)17-13(10(3)4)14(15)16/h5-10,13H,1-4H3,(H2,15,16). The zero-order valence-electron chi connectivity index (χ0n) is 10.9. The highest BCUT2D eigenvalue weighted by molar-refractivity contribution is 5.79. The number of carbonyl (C=O) groups is 1. The van der Waals surface area contributed by atoms with Crippen LogP contribution in [-0.4, -0.2) is 12.0 Å². The summed E-state index contributed by atoms with van der Waals surface area (Å²) in [6.45, 7) is 8.04. The lowest BCUT2D eigenvalue weighted by Gasteiger charge is -2.22. The van der Waals surface area contributed by atoms with E-state index in [1.54, 1.807) is 0 Å². The number of nitrogens with two attached hydrogens (primary N) is 1. The minimum absolute atomic E-state index is 0.0627. The van der Waals surface area contributed by atoms with Crippen LogP contribution in [0.5, 0.6) is 5.75 Å². The van der Waals surface area contributed by atoms with Gasteiger partial charge in [-0.3, -0.25) is 4.79 Å². The van der Waals surface area contributed by atoms with Crippen LogP contribution in [0.1, 0.15) is 39.2 Å². The predicted octanol–water partition coefficient (Wildman–Crippen LogP) is 2.70. The van der Waals surface area contributed by atoms with Gasteiger partial charge in [-0.05, 0) is 23.5 Å². The van der Waals surface area contributed by atoms with Crippen LogP contribution in [0.15, 0.2) is 24.3 Å². The lowest BCUT2D eigenvalue weighted by molar-refractivity contribution is -0.126. The van der Waals surface area contributed by atoms with Gasteiger partial charge < -0.3 is 10.5 Å². The first-order valence-electron chi connectivity index (χ1n) is 5.98. The quantitative estimate of drug-likeness (QED) is 0.853. The molecule has 0 fully saturated rings. The van der Waals surface area contributed by atoms with Gasteiger partial charge in [-0.1, -0.05) is 45.9 Å². The van der Waals surface area contributed by atoms with Crippen LogP contribution in [0.2, 0.25) is 0 Å². The Morgan fingerprint density at radius 1 is 1.18 bits per heavy atom. The SMILES string of the molecule is CC(C)c1ccccc1OC(C(N)=O)C(C)C. The number of benzene rings is 1. The maximum Gasteiger partial charge on any atom is 0.258 e. The average Bonchev–Trinajstić information content (AvgIpc) is 2.25. The molecule has 0 bridgehead atoms. The van der Waals surface area contributed by atoms with Crippen molar-refractivity contribution >= 4 is 5.91 Å². The van der Waals surface area contributed by atoms with Crippen LogP contribution in [0, 0.1) is 5.92 Å². The lowest BCUT2D eigenvalue weighted by Crippen LogP contribution is -2.38. The van der Waals surface area contributed by atoms with Gasteiger partial charge >= 0.3 is 0 Å². The molecule has 0 aliphatic carbocycles. The molecule has 0 spiro atoms. The monoisotopic (exact) mass is 235 g/mol. The Morgan fingerprint density at radius 3 is 2.24 bits per heavy atom. The van der Waals surface area contributed by atoms with Crippen LogP contribution < -0.4 is 10.5 Å². The molecule has 0 aliphatic rings. The van der Waals surface area contributed by atoms with E-state index in [1.165, 1.54) is 0 Å². The molecular formula is C14H21NO2. The van der Waals surface area contributed by atoms with Crippen molar-refractivity contribution in [1.29, 1.82) is 0 Å². The summed E-state index contributed by atoms with van der Waals surface area (Å²) in [5.41, 5.74) is 6.44. The van der Waals surface area contributed by atoms with Gasteiger partial charge in [0.25, 0.3) is 5.91 Å². The number of carbonyl (C=O) groups excluding carboxylic acids is 1. The molecule has 3 heteroatoms. The Labute approximate surface area is 103 Å². The number of hydrogen-bond acceptors (Lipinski definition) is 2. The number of para-hydroxylation sites is 1. The van der Waals surface area contributed by atoms with E-state index in [2.05, 4.69) is 13.8 Å². The van der Waals surface area contributed by atoms with Crippen molar-refractivity contribution in [3.63, 3.8) is 0 Å². The van der Waals surface area contributed by atoms with Gasteiger partial charge in [0.15, 0.2) is 6.10 Å². The van der Waals surface area contributed by atoms with Crippen molar-refractivity contribution < 1.29 is 9.53 Å². The Bertz CT molecular complexity index is 386. The molecule has 0 aliphatic heterocycles. The largest absolute Gasteiger partial charge is 0.480 e. The smallest absolute Gasteiger partial charge is 0.258 e. The summed E-state index contributed by atoms with van der Waals surface area (Å²) >= 11 is 0. The number of amides is 1. The maximum atomic E-state index is 11.3. The van der Waals surface area contributed by atoms with Crippen LogP contribution in [-0.2, 0) is 4.79 Å². The molecule has 17 heavy (non-hydrogen) atoms. The molecule has 1 amide bonds. The van der Waals surface area contributed by atoms with Gasteiger partial charge in [0.05, 0.1) is 0 Å². The first-order chi connectivity index (χ1) is 7.93. The Balaban J connectivity index is 2.97. The second-order valence-electron chi connectivity index (χ2n) is 4.88. The van der Waals surface area contributed by atoms with E-state index in [-0.39, 0.29) is 5.92 Å². The van der Waals surface area contributed by atoms with Crippen LogP contribution in [0.4, 0.5) is 0 Å². The highest BCUT2D eigenvalue weighted by atomic mass is 16.5. The van der Waals surface area contributed by atoms with Crippen molar-refractivity contribution in [2.45, 2.75) is 39.7 Å². The van der Waals surface area contributed by atoms with Crippen molar-refractivity contribution in [1.82, 2.24) is 0 Å². The van der Waals surface area contributed by atoms with Crippen LogP contribution in [0.3, 0.4) is 0 Å². The summed E-state index contributed by atoms with van der Waals surface area (Å²) in [5, 5.41) is 0. The molecular weight excluding hydrogens is 214 g/mol. The van der Waals surface area contributed by atoms with E-state index in [0.29, 0.717) is 5.92 Å². The van der Waals surface area contributed by atoms with E-state index in [1.807, 2.05) is 38.1 Å². The molecule has 1 rings (SSSR count). The Morgan fingerprint density at radius 2 is 1.76 bits per heavy atom. The second-order valence-corrected chi connectivity index (χ2v) is 4.88. The van der Waals surface area contributed by atoms with Crippen molar-refractivity contribution in [2.24, 2.45) is 11.7 Å². The van der Waals surface area contributed by atoms with Gasteiger partial charge in [0.2, 0.25) is 0 Å². The highest BCUT2D eigenvalue weighted by Crippen LogP contribution is 2.27. The molecule has 0 saturated carbocycles. The van der Waals surface area contributed by atoms with E-state index < -0.39 is 12.0 Å². The second kappa shape index (κ2) is 5.71. The summed E-state index contributed by atoms with van der Waals surface area (Å²) in [4.78, 5) is 11.3. The summed E-state index contributed by atoms with van der Waals surface area (Å²) in [7, 11) is 0. The zero-order valence-corrected chi connectivity index (χ0v) is 10.9. The molecule has 1 unspecified atom stereocenters. The maximum absolute atomic E-state index is 11.3. The first-order valence-corrected chi connectivity index (χ1v) is 5.98. The average molecular weight is 235 g/mol. The van der Waals surface area contributed by atoms with Gasteiger partial charge in [-0.15, -0.1) is 0 Å². The minimum Gasteiger partial charge on any atom is -0.480 e. The molecule has 0 radical (unpaired) electrons. The van der Waals surface area contributed by atoms with Crippen LogP contribution in [0.25, 0.3) is 0 Å². The van der Waals surface area contributed by atoms with E-state index in [9.17, 15) is 4.79 Å². The summed E-state index contributed by atoms with van der Waals surface area (Å²) in [6, 6.07) is 7.77. The molecule has 0 saturated heterocycles. The molecule has 2 N–H and O–H groups in total. The fourth-order valence-electron chi connectivity index (χ4n) is 1.72. The predicted molar refractivity (Wildman–Crippen MR) is 69.0 cm³/mol. The number of rotatable bonds is 5. The van der Waals surface area contributed by atoms with Crippen molar-refractivity contribution in [3.05, 3.63) is 29.8 Å². The lowest BCUT2D eigenvalue weighted by atomic mass is 10.0. The van der Waals surface area contributed by atoms with Crippen molar-refractivity contribution in [3.8, 4) is 5.75 Å². The topological polar surface area (TPSA) is 52.3 Å². The van der Waals surface area contributed by atoms with E-state index in [4.69, 9.17) is 10.5 Å². The third kappa shape index (κ3) is 3.48. The van der Waals surface area contributed by atoms with Gasteiger partial charge in [0.1, 0.15) is 5.75 Å².